The van der Waals surface area contributed by atoms with E-state index >= 15 is 0 Å². The molecule has 2 saturated carbocycles. The van der Waals surface area contributed by atoms with E-state index in [4.69, 9.17) is 4.79 Å². The molecule has 3 nitrogen and oxygen atoms in total. The molecule has 0 radical (unpaired) electrons. The Labute approximate surface area is 105 Å². The summed E-state index contributed by atoms with van der Waals surface area (Å²) in [7, 11) is 0. The van der Waals surface area contributed by atoms with Gasteiger partial charge in [0.2, 0.25) is 0 Å². The summed E-state index contributed by atoms with van der Waals surface area (Å²) >= 11 is 0. The summed E-state index contributed by atoms with van der Waals surface area (Å²) in [6.45, 7) is 0. The molecule has 0 heterocycles. The molecule has 0 spiro atoms. The number of carbonyl (C=O) groups excluding carboxylic acids is 1. The fourth-order valence-electron chi connectivity index (χ4n) is 3.32. The van der Waals surface area contributed by atoms with Crippen molar-refractivity contribution < 1.29 is 4.79 Å². The number of hydrogen-bond acceptors (Lipinski definition) is 1. The topological polar surface area (TPSA) is 69.1 Å². The third-order valence-electron chi connectivity index (χ3n) is 4.12. The summed E-state index contributed by atoms with van der Waals surface area (Å²) in [5, 5.41) is 0. The van der Waals surface area contributed by atoms with Gasteiger partial charge in [-0.05, 0) is 18.3 Å². The summed E-state index contributed by atoms with van der Waals surface area (Å²) in [4.78, 5) is 9.00. The van der Waals surface area contributed by atoms with Gasteiger partial charge >= 0.3 is 6.03 Å². The molecular formula is C14H28N2O. The average Bonchev–Trinajstić information content (AvgIpc) is 2.31. The van der Waals surface area contributed by atoms with Crippen molar-refractivity contribution in [3.8, 4) is 0 Å². The third-order valence-corrected chi connectivity index (χ3v) is 4.12. The van der Waals surface area contributed by atoms with Crippen molar-refractivity contribution in [2.45, 2.75) is 70.6 Å². The van der Waals surface area contributed by atoms with Crippen LogP contribution in [0, 0.1) is 11.8 Å². The minimum Gasteiger partial charge on any atom is -0.352 e. The quantitative estimate of drug-likeness (QED) is 0.761. The normalized spacial score (nSPS) is 22.6. The largest absolute Gasteiger partial charge is 0.352 e. The second-order valence-electron chi connectivity index (χ2n) is 5.65. The molecule has 2 rings (SSSR count). The van der Waals surface area contributed by atoms with Crippen molar-refractivity contribution in [3.63, 3.8) is 0 Å². The molecule has 0 unspecified atom stereocenters. The average molecular weight is 240 g/mol. The van der Waals surface area contributed by atoms with Crippen LogP contribution in [0.5, 0.6) is 0 Å². The van der Waals surface area contributed by atoms with Crippen LogP contribution < -0.4 is 11.5 Å². The van der Waals surface area contributed by atoms with Gasteiger partial charge in [0.15, 0.2) is 0 Å². The number of primary amides is 2. The minimum atomic E-state index is -0.833. The maximum atomic E-state index is 9.00. The Balaban J connectivity index is 0.000000317. The van der Waals surface area contributed by atoms with Gasteiger partial charge in [0.25, 0.3) is 0 Å². The second-order valence-corrected chi connectivity index (χ2v) is 5.65. The van der Waals surface area contributed by atoms with Gasteiger partial charge in [-0.1, -0.05) is 64.2 Å². The van der Waals surface area contributed by atoms with E-state index in [1.807, 2.05) is 0 Å². The number of urea groups is 1. The molecule has 0 atom stereocenters. The van der Waals surface area contributed by atoms with Gasteiger partial charge in [-0.15, -0.1) is 0 Å². The number of amides is 2. The first-order valence-corrected chi connectivity index (χ1v) is 7.23. The Kier molecular flexibility index (Phi) is 7.06. The van der Waals surface area contributed by atoms with Gasteiger partial charge in [-0.25, -0.2) is 4.79 Å². The van der Waals surface area contributed by atoms with E-state index in [1.54, 1.807) is 32.1 Å². The first-order chi connectivity index (χ1) is 8.18. The Morgan fingerprint density at radius 1 is 0.765 bits per heavy atom. The van der Waals surface area contributed by atoms with Crippen LogP contribution in [0.15, 0.2) is 0 Å². The maximum Gasteiger partial charge on any atom is 0.309 e. The predicted octanol–water partition coefficient (Wildman–Crippen LogP) is 3.56. The van der Waals surface area contributed by atoms with E-state index in [2.05, 4.69) is 11.5 Å². The van der Waals surface area contributed by atoms with Crippen LogP contribution in [0.4, 0.5) is 4.79 Å². The molecule has 2 fully saturated rings. The van der Waals surface area contributed by atoms with E-state index in [1.165, 1.54) is 38.5 Å². The number of nitrogens with two attached hydrogens (primary N) is 2. The highest BCUT2D eigenvalue weighted by Crippen LogP contribution is 2.34. The van der Waals surface area contributed by atoms with Crippen LogP contribution >= 0.6 is 0 Å². The smallest absolute Gasteiger partial charge is 0.309 e. The first-order valence-electron chi connectivity index (χ1n) is 7.23. The summed E-state index contributed by atoms with van der Waals surface area (Å²) in [6.07, 6.45) is 16.9. The zero-order chi connectivity index (χ0) is 12.5. The summed E-state index contributed by atoms with van der Waals surface area (Å²) in [5.74, 6) is 2.24. The summed E-state index contributed by atoms with van der Waals surface area (Å²) in [5.41, 5.74) is 8.50. The molecule has 0 aromatic heterocycles. The first kappa shape index (κ1) is 14.3. The van der Waals surface area contributed by atoms with Crippen molar-refractivity contribution in [3.05, 3.63) is 0 Å². The highest BCUT2D eigenvalue weighted by Gasteiger charge is 2.20. The third kappa shape index (κ3) is 7.24. The van der Waals surface area contributed by atoms with Gasteiger partial charge in [-0.2, -0.15) is 0 Å². The van der Waals surface area contributed by atoms with Crippen LogP contribution in [0.3, 0.4) is 0 Å². The van der Waals surface area contributed by atoms with E-state index in [-0.39, 0.29) is 0 Å². The summed E-state index contributed by atoms with van der Waals surface area (Å²) in [6, 6.07) is -0.833. The van der Waals surface area contributed by atoms with E-state index in [9.17, 15) is 0 Å². The van der Waals surface area contributed by atoms with Crippen LogP contribution in [0.25, 0.3) is 0 Å². The van der Waals surface area contributed by atoms with Crippen LogP contribution in [0.2, 0.25) is 0 Å². The lowest BCUT2D eigenvalue weighted by Crippen LogP contribution is -2.18. The van der Waals surface area contributed by atoms with Crippen molar-refractivity contribution in [2.24, 2.45) is 23.3 Å². The molecule has 0 aromatic carbocycles. The molecule has 100 valence electrons. The lowest BCUT2D eigenvalue weighted by atomic mass is 9.78. The molecule has 0 aliphatic heterocycles. The molecular weight excluding hydrogens is 212 g/mol. The van der Waals surface area contributed by atoms with Gasteiger partial charge in [-0.3, -0.25) is 0 Å². The number of rotatable bonds is 2. The Morgan fingerprint density at radius 2 is 1.06 bits per heavy atom. The molecule has 4 N–H and O–H groups in total. The Bertz CT molecular complexity index is 186. The zero-order valence-corrected chi connectivity index (χ0v) is 11.0. The van der Waals surface area contributed by atoms with E-state index in [0.29, 0.717) is 0 Å². The SMILES string of the molecule is C1CCC(CC2CCCCC2)CC1.NC(N)=O. The van der Waals surface area contributed by atoms with Gasteiger partial charge < -0.3 is 11.5 Å². The standard InChI is InChI=1S/C13H24.CH4N2O/c1-3-7-12(8-4-1)11-13-9-5-2-6-10-13;2-1(3)4/h12-13H,1-11H2;(H4,2,3,4). The monoisotopic (exact) mass is 240 g/mol. The maximum absolute atomic E-state index is 9.00. The highest BCUT2D eigenvalue weighted by atomic mass is 16.2. The van der Waals surface area contributed by atoms with Crippen LogP contribution in [-0.2, 0) is 0 Å². The van der Waals surface area contributed by atoms with E-state index < -0.39 is 6.03 Å². The van der Waals surface area contributed by atoms with Gasteiger partial charge in [0.05, 0.1) is 0 Å². The van der Waals surface area contributed by atoms with Crippen molar-refractivity contribution in [1.82, 2.24) is 0 Å². The molecule has 2 aliphatic rings. The molecule has 0 aromatic rings. The highest BCUT2D eigenvalue weighted by molar-refractivity contribution is 5.69. The van der Waals surface area contributed by atoms with Gasteiger partial charge in [0, 0.05) is 0 Å². The fourth-order valence-corrected chi connectivity index (χ4v) is 3.32. The van der Waals surface area contributed by atoms with Crippen LogP contribution in [0.1, 0.15) is 70.6 Å². The zero-order valence-electron chi connectivity index (χ0n) is 11.0. The second kappa shape index (κ2) is 8.37. The van der Waals surface area contributed by atoms with E-state index in [0.717, 1.165) is 11.8 Å². The van der Waals surface area contributed by atoms with Crippen molar-refractivity contribution in [2.75, 3.05) is 0 Å². The number of carbonyl (C=O) groups is 1. The fraction of sp³-hybridized carbons (Fsp3) is 0.929. The Hall–Kier alpha value is -0.730. The minimum absolute atomic E-state index is 0.833. The van der Waals surface area contributed by atoms with Gasteiger partial charge in [0.1, 0.15) is 0 Å². The molecule has 0 bridgehead atoms. The number of hydrogen-bond donors (Lipinski definition) is 2. The van der Waals surface area contributed by atoms with Crippen molar-refractivity contribution in [1.29, 1.82) is 0 Å². The molecule has 2 aliphatic carbocycles. The molecule has 3 heteroatoms. The molecule has 17 heavy (non-hydrogen) atoms. The molecule has 0 saturated heterocycles. The van der Waals surface area contributed by atoms with Crippen LogP contribution in [-0.4, -0.2) is 6.03 Å². The Morgan fingerprint density at radius 3 is 1.35 bits per heavy atom. The molecule has 2 amide bonds. The van der Waals surface area contributed by atoms with Crippen molar-refractivity contribution >= 4 is 6.03 Å². The lowest BCUT2D eigenvalue weighted by Gasteiger charge is -2.28. The lowest BCUT2D eigenvalue weighted by molar-refractivity contribution is 0.244. The predicted molar refractivity (Wildman–Crippen MR) is 71.5 cm³/mol. The summed E-state index contributed by atoms with van der Waals surface area (Å²) < 4.78 is 0.